The van der Waals surface area contributed by atoms with Gasteiger partial charge in [-0.1, -0.05) is 0 Å². The lowest BCUT2D eigenvalue weighted by Gasteiger charge is -2.21. The number of aromatic nitrogens is 1. The van der Waals surface area contributed by atoms with Crippen LogP contribution in [-0.2, 0) is 0 Å². The number of anilines is 1. The maximum Gasteiger partial charge on any atom is 0.192 e. The molecule has 0 spiro atoms. The lowest BCUT2D eigenvalue weighted by Crippen LogP contribution is -2.31. The van der Waals surface area contributed by atoms with E-state index in [1.165, 1.54) is 0 Å². The minimum Gasteiger partial charge on any atom is -0.441 e. The van der Waals surface area contributed by atoms with E-state index < -0.39 is 6.10 Å². The van der Waals surface area contributed by atoms with Gasteiger partial charge in [-0.25, -0.2) is 4.98 Å². The summed E-state index contributed by atoms with van der Waals surface area (Å²) < 4.78 is 5.39. The molecule has 5 heteroatoms. The van der Waals surface area contributed by atoms with E-state index in [0.717, 1.165) is 16.8 Å². The Bertz CT molecular complexity index is 509. The maximum absolute atomic E-state index is 9.38. The van der Waals surface area contributed by atoms with E-state index in [9.17, 15) is 5.11 Å². The van der Waals surface area contributed by atoms with E-state index in [2.05, 4.69) is 4.98 Å². The van der Waals surface area contributed by atoms with Crippen LogP contribution in [0.25, 0.3) is 11.1 Å². The van der Waals surface area contributed by atoms with E-state index in [1.54, 1.807) is 6.92 Å². The molecule has 0 saturated heterocycles. The average Bonchev–Trinajstić information content (AvgIpc) is 2.67. The third-order valence-electron chi connectivity index (χ3n) is 2.61. The van der Waals surface area contributed by atoms with Gasteiger partial charge in [0.2, 0.25) is 0 Å². The molecule has 1 heterocycles. The van der Waals surface area contributed by atoms with Gasteiger partial charge >= 0.3 is 0 Å². The number of hydrogen-bond donors (Lipinski definition) is 2. The smallest absolute Gasteiger partial charge is 0.192 e. The van der Waals surface area contributed by atoms with Gasteiger partial charge in [0.05, 0.1) is 12.7 Å². The lowest BCUT2D eigenvalue weighted by atomic mass is 10.2. The standard InChI is InChI=1S/C12H16N2O3/c1-8-13-11-5-9(3-4-12(11)17-8)14(2)6-10(16)7-15/h3-5,10,15-16H,6-7H2,1-2H3. The fourth-order valence-corrected chi connectivity index (χ4v) is 1.75. The Morgan fingerprint density at radius 2 is 2.24 bits per heavy atom. The molecule has 2 N–H and O–H groups in total. The molecule has 92 valence electrons. The van der Waals surface area contributed by atoms with Gasteiger partial charge in [0.25, 0.3) is 0 Å². The first-order valence-electron chi connectivity index (χ1n) is 5.47. The van der Waals surface area contributed by atoms with Crippen molar-refractivity contribution in [2.45, 2.75) is 13.0 Å². The highest BCUT2D eigenvalue weighted by Crippen LogP contribution is 2.21. The zero-order valence-corrected chi connectivity index (χ0v) is 9.92. The largest absolute Gasteiger partial charge is 0.441 e. The first kappa shape index (κ1) is 11.9. The van der Waals surface area contributed by atoms with E-state index in [4.69, 9.17) is 9.52 Å². The van der Waals surface area contributed by atoms with Crippen molar-refractivity contribution in [3.05, 3.63) is 24.1 Å². The number of aliphatic hydroxyl groups excluding tert-OH is 2. The highest BCUT2D eigenvalue weighted by atomic mass is 16.3. The number of benzene rings is 1. The molecule has 0 aliphatic heterocycles. The number of rotatable bonds is 4. The molecule has 0 aliphatic carbocycles. The topological polar surface area (TPSA) is 69.7 Å². The second-order valence-corrected chi connectivity index (χ2v) is 4.10. The van der Waals surface area contributed by atoms with Gasteiger partial charge in [-0.15, -0.1) is 0 Å². The Kier molecular flexibility index (Phi) is 3.31. The predicted molar refractivity (Wildman–Crippen MR) is 65.1 cm³/mol. The summed E-state index contributed by atoms with van der Waals surface area (Å²) in [6.07, 6.45) is -0.741. The Balaban J connectivity index is 2.23. The minimum atomic E-state index is -0.741. The van der Waals surface area contributed by atoms with Crippen LogP contribution < -0.4 is 4.90 Å². The number of oxazole rings is 1. The van der Waals surface area contributed by atoms with Crippen molar-refractivity contribution < 1.29 is 14.6 Å². The summed E-state index contributed by atoms with van der Waals surface area (Å²) in [5.74, 6) is 0.634. The van der Waals surface area contributed by atoms with Crippen molar-refractivity contribution >= 4 is 16.8 Å². The maximum atomic E-state index is 9.38. The van der Waals surface area contributed by atoms with Gasteiger partial charge in [0, 0.05) is 26.2 Å². The lowest BCUT2D eigenvalue weighted by molar-refractivity contribution is 0.101. The molecule has 17 heavy (non-hydrogen) atoms. The molecule has 2 rings (SSSR count). The highest BCUT2D eigenvalue weighted by molar-refractivity contribution is 5.77. The van der Waals surface area contributed by atoms with Gasteiger partial charge in [-0.2, -0.15) is 0 Å². The van der Waals surface area contributed by atoms with Crippen LogP contribution in [0.5, 0.6) is 0 Å². The molecule has 1 atom stereocenters. The summed E-state index contributed by atoms with van der Waals surface area (Å²) >= 11 is 0. The molecule has 2 aromatic rings. The molecule has 1 unspecified atom stereocenters. The number of aliphatic hydroxyl groups is 2. The van der Waals surface area contributed by atoms with Crippen LogP contribution in [0, 0.1) is 6.92 Å². The first-order valence-corrected chi connectivity index (χ1v) is 5.47. The van der Waals surface area contributed by atoms with Gasteiger partial charge in [-0.05, 0) is 18.2 Å². The van der Waals surface area contributed by atoms with Gasteiger partial charge in [-0.3, -0.25) is 0 Å². The Hall–Kier alpha value is -1.59. The Morgan fingerprint density at radius 3 is 2.94 bits per heavy atom. The molecule has 0 fully saturated rings. The molecule has 0 amide bonds. The molecule has 1 aromatic carbocycles. The predicted octanol–water partition coefficient (Wildman–Crippen LogP) is 0.926. The Morgan fingerprint density at radius 1 is 1.47 bits per heavy atom. The molecule has 0 aliphatic rings. The summed E-state index contributed by atoms with van der Waals surface area (Å²) in [7, 11) is 1.85. The van der Waals surface area contributed by atoms with E-state index in [1.807, 2.05) is 30.1 Å². The van der Waals surface area contributed by atoms with Crippen LogP contribution in [0.3, 0.4) is 0 Å². The number of nitrogens with zero attached hydrogens (tertiary/aromatic N) is 2. The number of hydrogen-bond acceptors (Lipinski definition) is 5. The SMILES string of the molecule is Cc1nc2cc(N(C)CC(O)CO)ccc2o1. The van der Waals surface area contributed by atoms with Crippen LogP contribution in [0.15, 0.2) is 22.6 Å². The van der Waals surface area contributed by atoms with E-state index in [0.29, 0.717) is 12.4 Å². The van der Waals surface area contributed by atoms with Crippen LogP contribution in [0.2, 0.25) is 0 Å². The van der Waals surface area contributed by atoms with Crippen molar-refractivity contribution in [2.24, 2.45) is 0 Å². The van der Waals surface area contributed by atoms with Crippen molar-refractivity contribution in [1.82, 2.24) is 4.98 Å². The Labute approximate surface area is 99.3 Å². The fraction of sp³-hybridized carbons (Fsp3) is 0.417. The fourth-order valence-electron chi connectivity index (χ4n) is 1.75. The van der Waals surface area contributed by atoms with Crippen molar-refractivity contribution in [1.29, 1.82) is 0 Å². The monoisotopic (exact) mass is 236 g/mol. The summed E-state index contributed by atoms with van der Waals surface area (Å²) in [6, 6.07) is 5.65. The molecule has 0 radical (unpaired) electrons. The number of aryl methyl sites for hydroxylation is 1. The van der Waals surface area contributed by atoms with Crippen molar-refractivity contribution in [3.8, 4) is 0 Å². The van der Waals surface area contributed by atoms with Gasteiger partial charge in [0.1, 0.15) is 5.52 Å². The van der Waals surface area contributed by atoms with Crippen molar-refractivity contribution in [3.63, 3.8) is 0 Å². The van der Waals surface area contributed by atoms with Crippen molar-refractivity contribution in [2.75, 3.05) is 25.1 Å². The van der Waals surface area contributed by atoms with Crippen LogP contribution in [0.1, 0.15) is 5.89 Å². The first-order chi connectivity index (χ1) is 8.10. The minimum absolute atomic E-state index is 0.240. The quantitative estimate of drug-likeness (QED) is 0.826. The van der Waals surface area contributed by atoms with Crippen LogP contribution in [0.4, 0.5) is 5.69 Å². The van der Waals surface area contributed by atoms with Gasteiger partial charge < -0.3 is 19.5 Å². The van der Waals surface area contributed by atoms with E-state index in [-0.39, 0.29) is 6.61 Å². The third-order valence-corrected chi connectivity index (χ3v) is 2.61. The zero-order chi connectivity index (χ0) is 12.4. The van der Waals surface area contributed by atoms with Crippen LogP contribution in [-0.4, -0.2) is 41.5 Å². The number of fused-ring (bicyclic) bond motifs is 1. The van der Waals surface area contributed by atoms with Gasteiger partial charge in [0.15, 0.2) is 11.5 Å². The molecule has 1 aromatic heterocycles. The summed E-state index contributed by atoms with van der Waals surface area (Å²) in [6.45, 7) is 1.94. The molecular formula is C12H16N2O3. The molecule has 0 saturated carbocycles. The summed E-state index contributed by atoms with van der Waals surface area (Å²) in [5, 5.41) is 18.2. The summed E-state index contributed by atoms with van der Waals surface area (Å²) in [5.41, 5.74) is 2.48. The van der Waals surface area contributed by atoms with Crippen LogP contribution >= 0.6 is 0 Å². The normalized spacial score (nSPS) is 12.9. The number of likely N-dealkylation sites (N-methyl/N-ethyl adjacent to an activating group) is 1. The average molecular weight is 236 g/mol. The second kappa shape index (κ2) is 4.73. The highest BCUT2D eigenvalue weighted by Gasteiger charge is 2.09. The molecular weight excluding hydrogens is 220 g/mol. The van der Waals surface area contributed by atoms with E-state index >= 15 is 0 Å². The molecule has 0 bridgehead atoms. The zero-order valence-electron chi connectivity index (χ0n) is 9.92. The molecule has 5 nitrogen and oxygen atoms in total. The summed E-state index contributed by atoms with van der Waals surface area (Å²) in [4.78, 5) is 6.12. The third kappa shape index (κ3) is 2.57. The second-order valence-electron chi connectivity index (χ2n) is 4.10.